The zero-order chi connectivity index (χ0) is 48.1. The maximum absolute atomic E-state index is 13.3. The molecule has 0 bridgehead atoms. The topological polar surface area (TPSA) is 314 Å². The third-order valence-electron chi connectivity index (χ3n) is 11.8. The molecule has 2 N–H and O–H groups in total. The first kappa shape index (κ1) is 57.5. The van der Waals surface area contributed by atoms with Crippen molar-refractivity contribution in [3.8, 4) is 22.8 Å². The van der Waals surface area contributed by atoms with E-state index in [0.29, 0.717) is 41.4 Å². The molecule has 0 aliphatic carbocycles. The molecule has 2 atom stereocenters. The third-order valence-corrected chi connectivity index (χ3v) is 12.7. The van der Waals surface area contributed by atoms with Gasteiger partial charge < -0.3 is 58.2 Å². The summed E-state index contributed by atoms with van der Waals surface area (Å²) in [6.45, 7) is 1.63. The molecule has 10 rings (SSSR count). The van der Waals surface area contributed by atoms with Crippen LogP contribution in [-0.2, 0) is 93.8 Å². The molecule has 0 fully saturated rings. The van der Waals surface area contributed by atoms with Crippen molar-refractivity contribution in [1.29, 1.82) is 0 Å². The fourth-order valence-electron chi connectivity index (χ4n) is 8.69. The van der Waals surface area contributed by atoms with Crippen LogP contribution in [0.5, 0.6) is 0 Å². The number of phosphoric acid groups is 2. The number of esters is 2. The number of carbonyl (C=O) groups is 2. The van der Waals surface area contributed by atoms with Crippen molar-refractivity contribution in [2.45, 2.75) is 64.2 Å². The monoisotopic (exact) mass is 1030 g/mol. The summed E-state index contributed by atoms with van der Waals surface area (Å²) >= 11 is 0. The number of carbonyl (C=O) groups excluding carboxylic acids is 4. The van der Waals surface area contributed by atoms with Gasteiger partial charge in [0.2, 0.25) is 0 Å². The molecule has 8 heterocycles. The predicted molar refractivity (Wildman–Crippen MR) is 224 cm³/mol. The standard InChI is InChI=1S/2C21H19N2O8P.CO2.3Na.H/c2*1-2-21(30-11-31-32(26,27)28)15-8-17-18-13(7-12-5-3-4-6-16(12)22-18)9-23(17)19(24)14(15)10-29-20(21)25;2-1-3;;;;/h2*3-8H,2,9-11H2,1H3,(H2,26,27,28);;;;;/q;;;3*+1;-1/p-2/t2*21-;;;;;/m00...../s1. The molecule has 27 heteroatoms. The van der Waals surface area contributed by atoms with Crippen LogP contribution in [0.1, 0.15) is 61.5 Å². The van der Waals surface area contributed by atoms with Crippen molar-refractivity contribution < 1.29 is 166 Å². The van der Waals surface area contributed by atoms with Crippen LogP contribution in [0.2, 0.25) is 0 Å². The first-order chi connectivity index (χ1) is 31.9. The first-order valence-corrected chi connectivity index (χ1v) is 23.2. The molecule has 70 heavy (non-hydrogen) atoms. The Hall–Kier alpha value is -3.38. The Labute approximate surface area is 463 Å². The average molecular weight is 1030 g/mol. The van der Waals surface area contributed by atoms with Gasteiger partial charge in [-0.3, -0.25) is 14.1 Å². The Morgan fingerprint density at radius 1 is 0.686 bits per heavy atom. The number of para-hydroxylation sites is 2. The van der Waals surface area contributed by atoms with Gasteiger partial charge >= 0.3 is 115 Å². The minimum absolute atomic E-state index is 0. The van der Waals surface area contributed by atoms with Crippen LogP contribution < -0.4 is 110 Å². The largest absolute Gasteiger partial charge is 1.00 e. The number of cyclic esters (lactones) is 2. The molecule has 0 unspecified atom stereocenters. The van der Waals surface area contributed by atoms with Crippen molar-refractivity contribution in [2.24, 2.45) is 0 Å². The van der Waals surface area contributed by atoms with Gasteiger partial charge in [-0.05, 0) is 49.2 Å². The van der Waals surface area contributed by atoms with Crippen LogP contribution >= 0.6 is 15.6 Å². The predicted octanol–water partition coefficient (Wildman–Crippen LogP) is -6.38. The molecule has 4 aliphatic heterocycles. The van der Waals surface area contributed by atoms with E-state index in [-0.39, 0.29) is 150 Å². The number of pyridine rings is 4. The molecule has 0 saturated carbocycles. The van der Waals surface area contributed by atoms with Gasteiger partial charge in [0.25, 0.3) is 11.1 Å². The number of fused-ring (bicyclic) bond motifs is 10. The first-order valence-electron chi connectivity index (χ1n) is 20.2. The average Bonchev–Trinajstić information content (AvgIpc) is 3.83. The molecule has 0 spiro atoms. The summed E-state index contributed by atoms with van der Waals surface area (Å²) in [5, 5.41) is 1.90. The van der Waals surface area contributed by atoms with E-state index in [1.807, 2.05) is 60.7 Å². The fraction of sp³-hybridized carbons (Fsp3) is 0.279. The van der Waals surface area contributed by atoms with Gasteiger partial charge in [0.1, 0.15) is 13.2 Å². The molecule has 0 amide bonds. The summed E-state index contributed by atoms with van der Waals surface area (Å²) in [4.78, 5) is 117. The van der Waals surface area contributed by atoms with Gasteiger partial charge in [0, 0.05) is 33.0 Å². The number of rotatable bonds is 10. The van der Waals surface area contributed by atoms with Crippen LogP contribution in [0.25, 0.3) is 44.6 Å². The molecular formula is C43H37N4Na3O18P2. The number of aromatic nitrogens is 4. The Bertz CT molecular complexity index is 3100. The minimum Gasteiger partial charge on any atom is -1.00 e. The maximum Gasteiger partial charge on any atom is 1.00 e. The van der Waals surface area contributed by atoms with Gasteiger partial charge in [-0.15, -0.1) is 0 Å². The van der Waals surface area contributed by atoms with Gasteiger partial charge in [0.05, 0.1) is 65.8 Å². The number of ether oxygens (including phenoxy) is 4. The summed E-state index contributed by atoms with van der Waals surface area (Å²) in [6.07, 6.45) is 0.329. The van der Waals surface area contributed by atoms with Crippen LogP contribution in [0.3, 0.4) is 0 Å². The summed E-state index contributed by atoms with van der Waals surface area (Å²) in [6, 6.07) is 22.5. The minimum atomic E-state index is -5.32. The zero-order valence-corrected chi connectivity index (χ0v) is 46.0. The number of hydrogen-bond acceptors (Lipinski definition) is 18. The van der Waals surface area contributed by atoms with E-state index < -0.39 is 52.4 Å². The normalized spacial score (nSPS) is 17.9. The Morgan fingerprint density at radius 2 is 1.07 bits per heavy atom. The molecule has 6 aromatic rings. The van der Waals surface area contributed by atoms with Crippen molar-refractivity contribution in [2.75, 3.05) is 13.6 Å². The Kier molecular flexibility index (Phi) is 18.7. The second kappa shape index (κ2) is 22.8. The van der Waals surface area contributed by atoms with Crippen LogP contribution in [0.15, 0.2) is 82.4 Å². The van der Waals surface area contributed by atoms with Gasteiger partial charge in [-0.2, -0.15) is 9.59 Å². The summed E-state index contributed by atoms with van der Waals surface area (Å²) < 4.78 is 55.1. The van der Waals surface area contributed by atoms with Crippen LogP contribution in [0, 0.1) is 0 Å². The molecule has 4 aromatic heterocycles. The zero-order valence-electron chi connectivity index (χ0n) is 39.2. The van der Waals surface area contributed by atoms with Crippen LogP contribution in [0.4, 0.5) is 0 Å². The summed E-state index contributed by atoms with van der Waals surface area (Å²) in [5.41, 5.74) is 2.40. The Balaban J connectivity index is 0.000000278. The van der Waals surface area contributed by atoms with E-state index in [1.165, 1.54) is 0 Å². The van der Waals surface area contributed by atoms with Crippen molar-refractivity contribution >= 4 is 55.5 Å². The Morgan fingerprint density at radius 3 is 1.44 bits per heavy atom. The number of benzene rings is 2. The summed E-state index contributed by atoms with van der Waals surface area (Å²) in [7, 11) is -10.1. The van der Waals surface area contributed by atoms with Gasteiger partial charge in [-0.25, -0.2) is 24.1 Å². The van der Waals surface area contributed by atoms with Crippen molar-refractivity contribution in [3.63, 3.8) is 0 Å². The summed E-state index contributed by atoms with van der Waals surface area (Å²) in [5.74, 6) is -1.55. The second-order valence-corrected chi connectivity index (χ2v) is 17.7. The van der Waals surface area contributed by atoms with Gasteiger partial charge in [-0.1, -0.05) is 50.2 Å². The van der Waals surface area contributed by atoms with E-state index in [4.69, 9.17) is 48.3 Å². The molecule has 0 radical (unpaired) electrons. The molecule has 0 saturated heterocycles. The third kappa shape index (κ3) is 10.9. The van der Waals surface area contributed by atoms with E-state index in [2.05, 4.69) is 9.05 Å². The molecule has 350 valence electrons. The number of phosphoric ester groups is 2. The SMILES string of the molecule is CC[C@@]1(OCOP(=O)(O)O)C(=O)OCc2c1cc1n(c2=O)Cc2cc3ccccc3nc2-1.CC[C@@]1(OCOP(=O)([O-])[O-])C(=O)OCc2c1cc1n(c2=O)Cc2cc3ccccc3nc2-1.O=C=O.[H-].[Na+].[Na+].[Na+]. The van der Waals surface area contributed by atoms with Crippen molar-refractivity contribution in [1.82, 2.24) is 19.1 Å². The smallest absolute Gasteiger partial charge is 1.00 e. The van der Waals surface area contributed by atoms with E-state index in [0.717, 1.165) is 32.9 Å². The maximum atomic E-state index is 13.3. The fourth-order valence-corrected chi connectivity index (χ4v) is 9.06. The van der Waals surface area contributed by atoms with E-state index >= 15 is 0 Å². The van der Waals surface area contributed by atoms with E-state index in [9.17, 15) is 38.1 Å². The molecule has 2 aromatic carbocycles. The number of hydrogen-bond donors (Lipinski definition) is 2. The number of nitrogens with zero attached hydrogens (tertiary/aromatic N) is 4. The molecular weight excluding hydrogens is 991 g/mol. The van der Waals surface area contributed by atoms with Crippen LogP contribution in [-0.4, -0.2) is 60.6 Å². The van der Waals surface area contributed by atoms with Crippen molar-refractivity contribution in [3.05, 3.63) is 127 Å². The second-order valence-electron chi connectivity index (χ2n) is 15.3. The molecule has 4 aliphatic rings. The quantitative estimate of drug-likeness (QED) is 0.0557. The van der Waals surface area contributed by atoms with Gasteiger partial charge in [0.15, 0.2) is 24.8 Å². The molecule has 22 nitrogen and oxygen atoms in total. The van der Waals surface area contributed by atoms with E-state index in [1.54, 1.807) is 35.1 Å².